The first-order chi connectivity index (χ1) is 35.4. The number of carbonyl (C=O) groups excluding carboxylic acids is 2. The molecule has 0 fully saturated rings. The number of primary amides is 1. The standard InChI is InChI=1S/C29H58N2O14.C22H37NO2S2/c30-4-6-35-8-10-37-12-14-39-16-18-41-20-22-43-24-26-45-27-25-44-23-21-42-19-17-40-15-13-38-11-9-36-7-5-31-28(32)2-1-3-29(33)34;23-22(24)14-12-10-8-6-4-2-1-3-5-7-9-11-13-19-26-20-15-17-21(27-25)18-16-20/h1-27,30H2,(H,31,32)(H,33,34);15-18,25H,1-14,19H2,(H2,23,24). The first kappa shape index (κ1) is 69.8. The van der Waals surface area contributed by atoms with Gasteiger partial charge >= 0.3 is 5.97 Å². The topological polar surface area (TPSA) is 257 Å². The van der Waals surface area contributed by atoms with Crippen LogP contribution < -0.4 is 16.8 Å². The number of amides is 2. The van der Waals surface area contributed by atoms with Crippen LogP contribution in [0.1, 0.15) is 109 Å². The van der Waals surface area contributed by atoms with E-state index < -0.39 is 5.97 Å². The van der Waals surface area contributed by atoms with Gasteiger partial charge in [-0.1, -0.05) is 70.6 Å². The van der Waals surface area contributed by atoms with Crippen molar-refractivity contribution in [1.29, 1.82) is 0 Å². The summed E-state index contributed by atoms with van der Waals surface area (Å²) in [7, 11) is 0. The molecule has 21 heteroatoms. The Labute approximate surface area is 440 Å². The number of rotatable bonds is 57. The Hall–Kier alpha value is -2.19. The molecular formula is C51H95N3O16S2. The van der Waals surface area contributed by atoms with Crippen molar-refractivity contribution in [3.05, 3.63) is 24.3 Å². The van der Waals surface area contributed by atoms with Gasteiger partial charge in [-0.25, -0.2) is 0 Å². The summed E-state index contributed by atoms with van der Waals surface area (Å²) in [4.78, 5) is 34.7. The summed E-state index contributed by atoms with van der Waals surface area (Å²) in [6.45, 7) is 11.6. The molecule has 0 aliphatic rings. The molecule has 0 aliphatic heterocycles. The maximum Gasteiger partial charge on any atom is 0.303 e. The number of unbranched alkanes of at least 4 members (excludes halogenated alkanes) is 12. The van der Waals surface area contributed by atoms with Crippen LogP contribution in [0.3, 0.4) is 0 Å². The summed E-state index contributed by atoms with van der Waals surface area (Å²) in [5.41, 5.74) is 10.5. The van der Waals surface area contributed by atoms with Gasteiger partial charge in [-0.15, -0.1) is 11.8 Å². The number of aliphatic carboxylic acids is 1. The summed E-state index contributed by atoms with van der Waals surface area (Å²) < 4.78 is 68.4. The van der Waals surface area contributed by atoms with E-state index in [0.29, 0.717) is 171 Å². The van der Waals surface area contributed by atoms with E-state index in [1.54, 1.807) is 0 Å². The van der Waals surface area contributed by atoms with Crippen molar-refractivity contribution in [2.24, 2.45) is 11.5 Å². The van der Waals surface area contributed by atoms with Gasteiger partial charge in [0, 0.05) is 54.2 Å². The second kappa shape index (κ2) is 59.7. The number of ether oxygens (including phenoxy) is 11. The van der Waals surface area contributed by atoms with E-state index in [2.05, 4.69) is 17.4 Å². The third-order valence-electron chi connectivity index (χ3n) is 10.1. The quantitative estimate of drug-likeness (QED) is 0.0256. The molecule has 1 aromatic carbocycles. The summed E-state index contributed by atoms with van der Waals surface area (Å²) in [5, 5.41) is 11.2. The van der Waals surface area contributed by atoms with Crippen LogP contribution in [-0.4, -0.2) is 192 Å². The molecule has 0 saturated heterocycles. The van der Waals surface area contributed by atoms with E-state index in [9.17, 15) is 14.4 Å². The van der Waals surface area contributed by atoms with Crippen LogP contribution in [0, 0.1) is 0 Å². The van der Waals surface area contributed by atoms with Crippen molar-refractivity contribution in [3.63, 3.8) is 0 Å². The Bertz CT molecular complexity index is 1300. The van der Waals surface area contributed by atoms with Crippen LogP contribution in [0.25, 0.3) is 0 Å². The Morgan fingerprint density at radius 3 is 1.07 bits per heavy atom. The van der Waals surface area contributed by atoms with Crippen LogP contribution in [0.15, 0.2) is 34.1 Å². The zero-order chi connectivity index (χ0) is 52.3. The number of thioether (sulfide) groups is 1. The maximum absolute atomic E-state index is 11.5. The van der Waals surface area contributed by atoms with Crippen LogP contribution >= 0.6 is 23.8 Å². The highest BCUT2D eigenvalue weighted by molar-refractivity contribution is 7.99. The fourth-order valence-electron chi connectivity index (χ4n) is 6.27. The molecule has 72 heavy (non-hydrogen) atoms. The van der Waals surface area contributed by atoms with Crippen molar-refractivity contribution < 1.29 is 76.1 Å². The van der Waals surface area contributed by atoms with Gasteiger partial charge in [-0.2, -0.15) is 0 Å². The zero-order valence-electron chi connectivity index (χ0n) is 43.6. The summed E-state index contributed by atoms with van der Waals surface area (Å²) in [6, 6.07) is 8.11. The third kappa shape index (κ3) is 58.7. The molecule has 422 valence electrons. The van der Waals surface area contributed by atoms with Gasteiger partial charge < -0.3 is 78.5 Å². The molecule has 0 unspecified atom stereocenters. The summed E-state index contributed by atoms with van der Waals surface area (Å²) in [5.74, 6) is -0.0572. The Kier molecular flexibility index (Phi) is 57.9. The molecule has 19 nitrogen and oxygen atoms in total. The minimum Gasteiger partial charge on any atom is -0.481 e. The lowest BCUT2D eigenvalue weighted by molar-refractivity contribution is -0.137. The van der Waals surface area contributed by atoms with Crippen LogP contribution in [-0.2, 0) is 66.5 Å². The summed E-state index contributed by atoms with van der Waals surface area (Å²) in [6.07, 6.45) is 17.9. The SMILES string of the molecule is NC(=O)CCCCCCCCCCCCCCCSc1ccc(SO)cc1.NCCOCCOCCOCCOCCOCCOCCOCCOCCOCCOCCOCCNC(=O)CCCC(=O)O. The number of carboxylic acid groups (broad SMARTS) is 1. The van der Waals surface area contributed by atoms with E-state index in [-0.39, 0.29) is 24.7 Å². The monoisotopic (exact) mass is 1070 g/mol. The molecule has 1 aromatic rings. The zero-order valence-corrected chi connectivity index (χ0v) is 45.2. The lowest BCUT2D eigenvalue weighted by Gasteiger charge is -2.09. The molecule has 0 radical (unpaired) electrons. The second-order valence-corrected chi connectivity index (χ2v) is 18.2. The molecule has 1 rings (SSSR count). The molecule has 0 aromatic heterocycles. The molecule has 0 heterocycles. The molecule has 2 amide bonds. The van der Waals surface area contributed by atoms with Crippen LogP contribution in [0.5, 0.6) is 0 Å². The number of nitrogens with one attached hydrogen (secondary N) is 1. The fraction of sp³-hybridized carbons (Fsp3) is 0.824. The lowest BCUT2D eigenvalue weighted by Crippen LogP contribution is -2.27. The van der Waals surface area contributed by atoms with E-state index in [1.807, 2.05) is 23.9 Å². The van der Waals surface area contributed by atoms with E-state index >= 15 is 0 Å². The normalized spacial score (nSPS) is 11.2. The van der Waals surface area contributed by atoms with Crippen molar-refractivity contribution >= 4 is 41.6 Å². The minimum absolute atomic E-state index is 0.00867. The average Bonchev–Trinajstić information content (AvgIpc) is 3.37. The van der Waals surface area contributed by atoms with Crippen molar-refractivity contribution in [2.75, 3.05) is 164 Å². The third-order valence-corrected chi connectivity index (χ3v) is 11.7. The predicted molar refractivity (Wildman–Crippen MR) is 282 cm³/mol. The summed E-state index contributed by atoms with van der Waals surface area (Å²) >= 11 is 2.72. The van der Waals surface area contributed by atoms with Crippen LogP contribution in [0.2, 0.25) is 0 Å². The molecule has 0 atom stereocenters. The Balaban J connectivity index is 0.00000158. The van der Waals surface area contributed by atoms with Gasteiger partial charge in [0.25, 0.3) is 0 Å². The highest BCUT2D eigenvalue weighted by atomic mass is 32.2. The smallest absolute Gasteiger partial charge is 0.303 e. The molecule has 0 saturated carbocycles. The molecule has 0 bridgehead atoms. The largest absolute Gasteiger partial charge is 0.481 e. The molecule has 0 spiro atoms. The fourth-order valence-corrected chi connectivity index (χ4v) is 7.44. The van der Waals surface area contributed by atoms with E-state index in [4.69, 9.17) is 73.2 Å². The van der Waals surface area contributed by atoms with Gasteiger partial charge in [0.15, 0.2) is 0 Å². The highest BCUT2D eigenvalue weighted by Gasteiger charge is 2.04. The number of hydrogen-bond donors (Lipinski definition) is 5. The van der Waals surface area contributed by atoms with Gasteiger partial charge in [0.2, 0.25) is 11.8 Å². The number of benzene rings is 1. The van der Waals surface area contributed by atoms with Crippen molar-refractivity contribution in [1.82, 2.24) is 5.32 Å². The van der Waals surface area contributed by atoms with Gasteiger partial charge in [0.05, 0.1) is 145 Å². The highest BCUT2D eigenvalue weighted by Crippen LogP contribution is 2.23. The Morgan fingerprint density at radius 1 is 0.417 bits per heavy atom. The van der Waals surface area contributed by atoms with E-state index in [0.717, 1.165) is 29.8 Å². The van der Waals surface area contributed by atoms with Crippen molar-refractivity contribution in [3.8, 4) is 0 Å². The predicted octanol–water partition coefficient (Wildman–Crippen LogP) is 6.79. The number of hydrogen-bond acceptors (Lipinski definition) is 18. The average molecular weight is 1070 g/mol. The number of carboxylic acids is 1. The van der Waals surface area contributed by atoms with E-state index in [1.165, 1.54) is 81.3 Å². The van der Waals surface area contributed by atoms with Gasteiger partial charge in [-0.05, 0) is 49.3 Å². The molecule has 7 N–H and O–H groups in total. The lowest BCUT2D eigenvalue weighted by atomic mass is 10.0. The maximum atomic E-state index is 11.5. The molecular weight excluding hydrogens is 975 g/mol. The molecule has 0 aliphatic carbocycles. The first-order valence-corrected chi connectivity index (χ1v) is 28.0. The van der Waals surface area contributed by atoms with Gasteiger partial charge in [-0.3, -0.25) is 14.4 Å². The van der Waals surface area contributed by atoms with Crippen LogP contribution in [0.4, 0.5) is 0 Å². The van der Waals surface area contributed by atoms with Crippen molar-refractivity contribution in [2.45, 2.75) is 119 Å². The van der Waals surface area contributed by atoms with Gasteiger partial charge in [0.1, 0.15) is 0 Å². The minimum atomic E-state index is -0.902. The number of carbonyl (C=O) groups is 3. The first-order valence-electron chi connectivity index (χ1n) is 26.2. The second-order valence-electron chi connectivity index (χ2n) is 16.3. The Morgan fingerprint density at radius 2 is 0.736 bits per heavy atom. The number of nitrogens with two attached hydrogens (primary N) is 2.